The molecule has 11 nitrogen and oxygen atoms in total. The number of para-hydroxylation sites is 2. The molecule has 1 fully saturated rings. The number of rotatable bonds is 7. The van der Waals surface area contributed by atoms with E-state index < -0.39 is 30.0 Å². The summed E-state index contributed by atoms with van der Waals surface area (Å²) in [5.41, 5.74) is 14.9. The number of carboxylic acid groups (broad SMARTS) is 3. The molecule has 11 heteroatoms. The van der Waals surface area contributed by atoms with Crippen molar-refractivity contribution in [1.82, 2.24) is 15.3 Å². The maximum absolute atomic E-state index is 10.6. The summed E-state index contributed by atoms with van der Waals surface area (Å²) in [6.07, 6.45) is 6.10. The first-order chi connectivity index (χ1) is 18.2. The quantitative estimate of drug-likeness (QED) is 0.178. The summed E-state index contributed by atoms with van der Waals surface area (Å²) in [6, 6.07) is 13.6. The average Bonchev–Trinajstić information content (AvgIpc) is 3.66. The fraction of sp³-hybridized carbons (Fsp3) is 0.296. The third-order valence-corrected chi connectivity index (χ3v) is 6.22. The Balaban J connectivity index is 0.000000166. The number of hydrogen-bond donors (Lipinski definition) is 8. The monoisotopic (exact) mass is 523 g/mol. The van der Waals surface area contributed by atoms with Crippen LogP contribution < -0.4 is 16.8 Å². The third kappa shape index (κ3) is 7.65. The molecule has 1 saturated heterocycles. The van der Waals surface area contributed by atoms with Crippen LogP contribution in [0.15, 0.2) is 60.9 Å². The van der Waals surface area contributed by atoms with Gasteiger partial charge in [0.1, 0.15) is 18.1 Å². The Morgan fingerprint density at radius 2 is 1.24 bits per heavy atom. The number of aromatic amines is 2. The van der Waals surface area contributed by atoms with Gasteiger partial charge in [0.25, 0.3) is 0 Å². The molecule has 4 aromatic rings. The Bertz CT molecular complexity index is 1280. The van der Waals surface area contributed by atoms with Crippen molar-refractivity contribution in [3.63, 3.8) is 0 Å². The second-order valence-electron chi connectivity index (χ2n) is 9.00. The molecule has 0 radical (unpaired) electrons. The number of benzene rings is 2. The maximum atomic E-state index is 10.6. The predicted octanol–water partition coefficient (Wildman–Crippen LogP) is 2.07. The second kappa shape index (κ2) is 13.4. The summed E-state index contributed by atoms with van der Waals surface area (Å²) >= 11 is 0. The van der Waals surface area contributed by atoms with E-state index in [9.17, 15) is 14.4 Å². The minimum atomic E-state index is -0.972. The number of aliphatic carboxylic acids is 3. The summed E-state index contributed by atoms with van der Waals surface area (Å²) in [6.45, 7) is 0.858. The van der Waals surface area contributed by atoms with Crippen LogP contribution in [0.25, 0.3) is 21.8 Å². The number of H-pyrrole nitrogens is 2. The highest BCUT2D eigenvalue weighted by Gasteiger charge is 2.20. The Labute approximate surface area is 218 Å². The van der Waals surface area contributed by atoms with Crippen LogP contribution in [0.4, 0.5) is 0 Å². The van der Waals surface area contributed by atoms with Crippen molar-refractivity contribution in [1.29, 1.82) is 0 Å². The van der Waals surface area contributed by atoms with Gasteiger partial charge in [0.05, 0.1) is 0 Å². The molecule has 1 aliphatic heterocycles. The molecule has 0 amide bonds. The zero-order valence-corrected chi connectivity index (χ0v) is 20.8. The van der Waals surface area contributed by atoms with Gasteiger partial charge in [-0.15, -0.1) is 0 Å². The highest BCUT2D eigenvalue weighted by Crippen LogP contribution is 2.19. The van der Waals surface area contributed by atoms with Gasteiger partial charge in [-0.2, -0.15) is 0 Å². The number of nitrogens with one attached hydrogen (secondary N) is 3. The number of nitrogens with two attached hydrogens (primary N) is 2. The average molecular weight is 524 g/mol. The summed E-state index contributed by atoms with van der Waals surface area (Å²) in [4.78, 5) is 37.6. The van der Waals surface area contributed by atoms with Crippen molar-refractivity contribution in [2.45, 2.75) is 43.8 Å². The lowest BCUT2D eigenvalue weighted by Crippen LogP contribution is -2.32. The molecule has 0 saturated carbocycles. The Morgan fingerprint density at radius 1 is 0.789 bits per heavy atom. The molecule has 2 aromatic carbocycles. The van der Waals surface area contributed by atoms with Gasteiger partial charge in [0.15, 0.2) is 0 Å². The summed E-state index contributed by atoms with van der Waals surface area (Å²) in [5.74, 6) is -2.66. The van der Waals surface area contributed by atoms with Gasteiger partial charge in [-0.3, -0.25) is 14.4 Å². The van der Waals surface area contributed by atoms with Crippen molar-refractivity contribution < 1.29 is 29.7 Å². The van der Waals surface area contributed by atoms with Gasteiger partial charge in [-0.1, -0.05) is 36.4 Å². The largest absolute Gasteiger partial charge is 0.480 e. The lowest BCUT2D eigenvalue weighted by atomic mass is 10.1. The van der Waals surface area contributed by atoms with E-state index in [2.05, 4.69) is 15.3 Å². The molecular weight excluding hydrogens is 490 g/mol. The van der Waals surface area contributed by atoms with E-state index in [1.807, 2.05) is 60.9 Å². The number of aromatic nitrogens is 2. The lowest BCUT2D eigenvalue weighted by Gasteiger charge is -2.04. The van der Waals surface area contributed by atoms with Crippen LogP contribution in [0.3, 0.4) is 0 Å². The topological polar surface area (TPSA) is 208 Å². The number of carbonyl (C=O) groups is 3. The van der Waals surface area contributed by atoms with E-state index in [0.29, 0.717) is 12.8 Å². The molecular formula is C27H33N5O6. The first kappa shape index (κ1) is 28.4. The fourth-order valence-electron chi connectivity index (χ4n) is 4.14. The van der Waals surface area contributed by atoms with Gasteiger partial charge in [0.2, 0.25) is 0 Å². The first-order valence-electron chi connectivity index (χ1n) is 12.2. The highest BCUT2D eigenvalue weighted by molar-refractivity contribution is 5.85. The van der Waals surface area contributed by atoms with E-state index >= 15 is 0 Å². The minimum absolute atomic E-state index is 0.269. The summed E-state index contributed by atoms with van der Waals surface area (Å²) in [5, 5.41) is 30.7. The van der Waals surface area contributed by atoms with Crippen molar-refractivity contribution >= 4 is 39.7 Å². The molecule has 3 heterocycles. The normalized spacial score (nSPS) is 16.1. The molecule has 0 aliphatic carbocycles. The van der Waals surface area contributed by atoms with Crippen LogP contribution in [-0.2, 0) is 27.2 Å². The zero-order valence-electron chi connectivity index (χ0n) is 20.8. The molecule has 2 unspecified atom stereocenters. The van der Waals surface area contributed by atoms with Crippen LogP contribution in [-0.4, -0.2) is 67.9 Å². The first-order valence-corrected chi connectivity index (χ1v) is 12.2. The van der Waals surface area contributed by atoms with Crippen LogP contribution in [0.2, 0.25) is 0 Å². The smallest absolute Gasteiger partial charge is 0.320 e. The van der Waals surface area contributed by atoms with Crippen molar-refractivity contribution in [3.05, 3.63) is 72.1 Å². The van der Waals surface area contributed by atoms with Gasteiger partial charge >= 0.3 is 17.9 Å². The molecule has 10 N–H and O–H groups in total. The van der Waals surface area contributed by atoms with Crippen molar-refractivity contribution in [2.75, 3.05) is 6.54 Å². The predicted molar refractivity (Wildman–Crippen MR) is 144 cm³/mol. The van der Waals surface area contributed by atoms with E-state index in [4.69, 9.17) is 26.8 Å². The maximum Gasteiger partial charge on any atom is 0.320 e. The van der Waals surface area contributed by atoms with E-state index in [0.717, 1.165) is 52.3 Å². The molecule has 202 valence electrons. The third-order valence-electron chi connectivity index (χ3n) is 6.22. The van der Waals surface area contributed by atoms with E-state index in [1.54, 1.807) is 0 Å². The van der Waals surface area contributed by atoms with Crippen LogP contribution in [0.1, 0.15) is 24.0 Å². The molecule has 0 bridgehead atoms. The number of fused-ring (bicyclic) bond motifs is 2. The molecule has 38 heavy (non-hydrogen) atoms. The van der Waals surface area contributed by atoms with E-state index in [1.165, 1.54) is 0 Å². The zero-order chi connectivity index (χ0) is 27.7. The van der Waals surface area contributed by atoms with Crippen molar-refractivity contribution in [2.24, 2.45) is 11.5 Å². The number of hydrogen-bond acceptors (Lipinski definition) is 6. The van der Waals surface area contributed by atoms with Crippen LogP contribution in [0.5, 0.6) is 0 Å². The SMILES string of the molecule is NC(Cc1c[nH]c2ccccc12)C(=O)O.NC(Cc1c[nH]c2ccccc12)C(=O)O.O=C(O)[C@@H]1CCCN1. The van der Waals surface area contributed by atoms with Crippen molar-refractivity contribution in [3.8, 4) is 0 Å². The molecule has 0 spiro atoms. The minimum Gasteiger partial charge on any atom is -0.480 e. The molecule has 5 rings (SSSR count). The van der Waals surface area contributed by atoms with E-state index in [-0.39, 0.29) is 6.04 Å². The van der Waals surface area contributed by atoms with Crippen LogP contribution in [0, 0.1) is 0 Å². The second-order valence-corrected chi connectivity index (χ2v) is 9.00. The molecule has 1 aliphatic rings. The van der Waals surface area contributed by atoms with Crippen LogP contribution >= 0.6 is 0 Å². The summed E-state index contributed by atoms with van der Waals surface area (Å²) in [7, 11) is 0. The van der Waals surface area contributed by atoms with Gasteiger partial charge in [-0.25, -0.2) is 0 Å². The summed E-state index contributed by atoms with van der Waals surface area (Å²) < 4.78 is 0. The Hall–Kier alpha value is -4.19. The Morgan fingerprint density at radius 3 is 1.58 bits per heavy atom. The van der Waals surface area contributed by atoms with Gasteiger partial charge < -0.3 is 42.1 Å². The Kier molecular flexibility index (Phi) is 9.99. The lowest BCUT2D eigenvalue weighted by molar-refractivity contribution is -0.139. The van der Waals surface area contributed by atoms with Gasteiger partial charge in [0, 0.05) is 47.0 Å². The molecule has 3 atom stereocenters. The number of carboxylic acids is 3. The molecule has 2 aromatic heterocycles. The standard InChI is InChI=1S/2C11H12N2O2.C5H9NO2/c2*12-9(11(14)15)5-7-6-13-10-4-2-1-3-8(7)10;7-5(8)4-2-1-3-6-4/h2*1-4,6,9,13H,5,12H2,(H,14,15);4,6H,1-3H2,(H,7,8)/t;;4-/m..0/s1. The van der Waals surface area contributed by atoms with Gasteiger partial charge in [-0.05, 0) is 42.6 Å². The fourth-order valence-corrected chi connectivity index (χ4v) is 4.14. The highest BCUT2D eigenvalue weighted by atomic mass is 16.4.